The van der Waals surface area contributed by atoms with Crippen LogP contribution in [0.5, 0.6) is 0 Å². The molecule has 0 amide bonds. The van der Waals surface area contributed by atoms with Gasteiger partial charge < -0.3 is 0 Å². The van der Waals surface area contributed by atoms with E-state index in [0.717, 1.165) is 0 Å². The van der Waals surface area contributed by atoms with Gasteiger partial charge in [-0.3, -0.25) is 0 Å². The number of hydrogen-bond donors (Lipinski definition) is 0. The van der Waals surface area contributed by atoms with E-state index in [1.54, 1.807) is 9.75 Å². The average Bonchev–Trinajstić information content (AvgIpc) is 1.84. The van der Waals surface area contributed by atoms with Crippen LogP contribution in [0.1, 0.15) is 0 Å². The van der Waals surface area contributed by atoms with Gasteiger partial charge in [-0.25, -0.2) is 0 Å². The molecule has 0 bridgehead atoms. The highest BCUT2D eigenvalue weighted by molar-refractivity contribution is 8.78. The quantitative estimate of drug-likeness (QED) is 0.612. The van der Waals surface area contributed by atoms with Crippen LogP contribution in [0.2, 0.25) is 0 Å². The highest BCUT2D eigenvalue weighted by Gasteiger charge is 2.25. The molecule has 0 spiro atoms. The molecule has 0 saturated heterocycles. The Hall–Kier alpha value is 1.06. The third kappa shape index (κ3) is 0.748. The summed E-state index contributed by atoms with van der Waals surface area (Å²) >= 11 is 0. The van der Waals surface area contributed by atoms with Gasteiger partial charge in [0.15, 0.2) is 0 Å². The van der Waals surface area contributed by atoms with Crippen molar-refractivity contribution >= 4 is 62.9 Å². The maximum absolute atomic E-state index is 1.92. The zero-order valence-electron chi connectivity index (χ0n) is 4.45. The summed E-state index contributed by atoms with van der Waals surface area (Å²) < 4.78 is 3.06. The summed E-state index contributed by atoms with van der Waals surface area (Å²) in [5, 5.41) is 0. The van der Waals surface area contributed by atoms with Crippen LogP contribution >= 0.6 is 62.9 Å². The molecule has 3 heterocycles. The Morgan fingerprint density at radius 3 is 1.40 bits per heavy atom. The van der Waals surface area contributed by atoms with Crippen LogP contribution in [0.25, 0.3) is 9.75 Å². The molecule has 1 aliphatic heterocycles. The lowest BCUT2D eigenvalue weighted by molar-refractivity contribution is 1.68. The van der Waals surface area contributed by atoms with Gasteiger partial charge in [0.2, 0.25) is 0 Å². The molecule has 2 aromatic rings. The first-order valence-electron chi connectivity index (χ1n) is 2.47. The summed E-state index contributed by atoms with van der Waals surface area (Å²) in [7, 11) is 11.5. The summed E-state index contributed by atoms with van der Waals surface area (Å²) in [6.07, 6.45) is 0. The maximum Gasteiger partial charge on any atom is 0.101 e. The molecule has 52 valence electrons. The number of rotatable bonds is 0. The molecule has 0 unspecified atom stereocenters. The fourth-order valence-electron chi connectivity index (χ4n) is 0.675. The molecule has 0 nitrogen and oxygen atoms in total. The monoisotopic (exact) mass is 240 g/mol. The van der Waals surface area contributed by atoms with Crippen molar-refractivity contribution in [3.05, 3.63) is 0 Å². The second kappa shape index (κ2) is 2.27. The summed E-state index contributed by atoms with van der Waals surface area (Å²) in [5.41, 5.74) is 0. The van der Waals surface area contributed by atoms with Gasteiger partial charge in [-0.1, -0.05) is 41.4 Å². The Morgan fingerprint density at radius 2 is 1.10 bits per heavy atom. The third-order valence-corrected chi connectivity index (χ3v) is 10.7. The highest BCUT2D eigenvalue weighted by atomic mass is 33.1. The van der Waals surface area contributed by atoms with Crippen molar-refractivity contribution < 1.29 is 0 Å². The van der Waals surface area contributed by atoms with Crippen LogP contribution in [0.3, 0.4) is 0 Å². The zero-order chi connectivity index (χ0) is 6.55. The van der Waals surface area contributed by atoms with E-state index in [0.29, 0.717) is 0 Å². The largest absolute Gasteiger partial charge is 0.101 e. The van der Waals surface area contributed by atoms with Gasteiger partial charge in [-0.05, 0) is 21.6 Å². The van der Waals surface area contributed by atoms with Crippen molar-refractivity contribution in [1.29, 1.82) is 0 Å². The molecule has 0 aromatic carbocycles. The normalized spacial score (nSPS) is 15.2. The van der Waals surface area contributed by atoms with Gasteiger partial charge in [0.05, 0.1) is 9.75 Å². The summed E-state index contributed by atoms with van der Waals surface area (Å²) in [4.78, 5) is 3.10. The SMILES string of the molecule is S1Sc2ssc2-c2ssc21. The predicted molar refractivity (Wildman–Crippen MR) is 55.1 cm³/mol. The van der Waals surface area contributed by atoms with E-state index in [1.165, 1.54) is 8.42 Å². The fourth-order valence-corrected chi connectivity index (χ4v) is 10.5. The van der Waals surface area contributed by atoms with Gasteiger partial charge in [-0.15, -0.1) is 0 Å². The maximum atomic E-state index is 1.92. The molecular weight excluding hydrogens is 240 g/mol. The molecule has 0 fully saturated rings. The van der Waals surface area contributed by atoms with Crippen LogP contribution < -0.4 is 0 Å². The second-order valence-electron chi connectivity index (χ2n) is 1.73. The van der Waals surface area contributed by atoms with E-state index in [-0.39, 0.29) is 0 Å². The van der Waals surface area contributed by atoms with Crippen LogP contribution in [0.4, 0.5) is 0 Å². The summed E-state index contributed by atoms with van der Waals surface area (Å²) in [6.45, 7) is 0. The first kappa shape index (κ1) is 6.56. The Bertz CT molecular complexity index is 310. The Kier molecular flexibility index (Phi) is 1.49. The highest BCUT2D eigenvalue weighted by Crippen LogP contribution is 2.63. The van der Waals surface area contributed by atoms with Gasteiger partial charge in [0, 0.05) is 0 Å². The minimum absolute atomic E-state index is 1.53. The Balaban J connectivity index is 2.23. The molecule has 0 N–H and O–H groups in total. The van der Waals surface area contributed by atoms with Crippen molar-refractivity contribution in [3.63, 3.8) is 0 Å². The number of fused-ring (bicyclic) bond motifs is 3. The van der Waals surface area contributed by atoms with Crippen LogP contribution in [0, 0.1) is 0 Å². The fraction of sp³-hybridized carbons (Fsp3) is 0. The Labute approximate surface area is 80.5 Å². The van der Waals surface area contributed by atoms with E-state index in [9.17, 15) is 0 Å². The van der Waals surface area contributed by atoms with Crippen molar-refractivity contribution in [2.75, 3.05) is 0 Å². The average molecular weight is 240 g/mol. The third-order valence-electron chi connectivity index (χ3n) is 1.17. The summed E-state index contributed by atoms with van der Waals surface area (Å²) in [5.74, 6) is 0. The van der Waals surface area contributed by atoms with Gasteiger partial charge in [0.1, 0.15) is 8.42 Å². The minimum atomic E-state index is 1.53. The molecule has 6 heteroatoms. The first-order valence-corrected chi connectivity index (χ1v) is 8.92. The van der Waals surface area contributed by atoms with E-state index in [2.05, 4.69) is 0 Å². The van der Waals surface area contributed by atoms with Gasteiger partial charge >= 0.3 is 0 Å². The molecule has 0 saturated carbocycles. The van der Waals surface area contributed by atoms with Crippen LogP contribution in [0.15, 0.2) is 8.42 Å². The standard InChI is InChI=1S/C4S6/c5-1-2-4(8-6-2)10-9-3(1)7-5. The van der Waals surface area contributed by atoms with E-state index in [4.69, 9.17) is 0 Å². The molecule has 0 aliphatic carbocycles. The van der Waals surface area contributed by atoms with Crippen molar-refractivity contribution in [2.24, 2.45) is 0 Å². The second-order valence-corrected chi connectivity index (χ2v) is 8.70. The lowest BCUT2D eigenvalue weighted by atomic mass is 10.5. The van der Waals surface area contributed by atoms with Gasteiger partial charge in [0.25, 0.3) is 0 Å². The molecule has 2 aromatic heterocycles. The van der Waals surface area contributed by atoms with Crippen molar-refractivity contribution in [3.8, 4) is 9.75 Å². The topological polar surface area (TPSA) is 0 Å². The van der Waals surface area contributed by atoms with E-state index < -0.39 is 0 Å². The zero-order valence-corrected chi connectivity index (χ0v) is 9.35. The lowest BCUT2D eigenvalue weighted by Crippen LogP contribution is -1.84. The van der Waals surface area contributed by atoms with E-state index in [1.807, 2.05) is 62.9 Å². The molecule has 10 heavy (non-hydrogen) atoms. The van der Waals surface area contributed by atoms with Gasteiger partial charge in [-0.2, -0.15) is 0 Å². The number of hydrogen-bond acceptors (Lipinski definition) is 6. The first-order chi connectivity index (χ1) is 4.95. The van der Waals surface area contributed by atoms with Crippen LogP contribution in [-0.4, -0.2) is 0 Å². The molecular formula is C4S6. The predicted octanol–water partition coefficient (Wildman–Crippen LogP) is 4.71. The lowest BCUT2D eigenvalue weighted by Gasteiger charge is -2.18. The minimum Gasteiger partial charge on any atom is -0.0758 e. The smallest absolute Gasteiger partial charge is 0.0758 e. The molecule has 1 aliphatic rings. The van der Waals surface area contributed by atoms with Crippen LogP contribution in [-0.2, 0) is 0 Å². The molecule has 0 atom stereocenters. The summed E-state index contributed by atoms with van der Waals surface area (Å²) in [6, 6.07) is 0. The molecule has 0 radical (unpaired) electrons. The van der Waals surface area contributed by atoms with Crippen molar-refractivity contribution in [2.45, 2.75) is 8.42 Å². The van der Waals surface area contributed by atoms with E-state index >= 15 is 0 Å². The molecule has 3 rings (SSSR count). The van der Waals surface area contributed by atoms with Crippen molar-refractivity contribution in [1.82, 2.24) is 0 Å². The Morgan fingerprint density at radius 1 is 0.600 bits per heavy atom.